The molecule has 0 aliphatic rings. The molecule has 0 aliphatic carbocycles. The van der Waals surface area contributed by atoms with E-state index in [9.17, 15) is 41.0 Å². The zero-order chi connectivity index (χ0) is 26.3. The lowest BCUT2D eigenvalue weighted by Gasteiger charge is -2.15. The summed E-state index contributed by atoms with van der Waals surface area (Å²) in [7, 11) is 0. The number of amides is 1. The lowest BCUT2D eigenvalue weighted by atomic mass is 9.99. The van der Waals surface area contributed by atoms with Crippen molar-refractivity contribution in [3.63, 3.8) is 0 Å². The summed E-state index contributed by atoms with van der Waals surface area (Å²) in [5.74, 6) is -2.81. The van der Waals surface area contributed by atoms with E-state index in [1.165, 1.54) is 18.2 Å². The maximum Gasteiger partial charge on any atom is 0.416 e. The molecule has 1 aromatic heterocycles. The summed E-state index contributed by atoms with van der Waals surface area (Å²) in [6, 6.07) is 13.1. The van der Waals surface area contributed by atoms with E-state index in [0.29, 0.717) is 16.6 Å². The number of alkyl halides is 6. The highest BCUT2D eigenvalue weighted by Crippen LogP contribution is 2.37. The Hall–Kier alpha value is -4.41. The van der Waals surface area contributed by atoms with E-state index in [0.717, 1.165) is 5.39 Å². The SMILES string of the molecule is O=C(Nc1ccc(-c2cccc3cccnc23)cc1C(=O)O)c1cc(C(F)(F)F)cc(C(F)(F)F)c1. The number of nitrogens with one attached hydrogen (secondary N) is 1. The smallest absolute Gasteiger partial charge is 0.416 e. The zero-order valence-electron chi connectivity index (χ0n) is 17.9. The number of para-hydroxylation sites is 1. The van der Waals surface area contributed by atoms with Gasteiger partial charge >= 0.3 is 18.3 Å². The van der Waals surface area contributed by atoms with Crippen molar-refractivity contribution in [2.75, 3.05) is 5.32 Å². The molecular weight excluding hydrogens is 490 g/mol. The predicted octanol–water partition coefficient (Wildman–Crippen LogP) is 6.89. The Bertz CT molecular complexity index is 1460. The van der Waals surface area contributed by atoms with Crippen LogP contribution in [-0.2, 0) is 12.4 Å². The number of hydrogen-bond donors (Lipinski definition) is 2. The quantitative estimate of drug-likeness (QED) is 0.297. The van der Waals surface area contributed by atoms with Crippen LogP contribution in [0, 0.1) is 0 Å². The molecule has 0 fully saturated rings. The van der Waals surface area contributed by atoms with E-state index >= 15 is 0 Å². The molecule has 184 valence electrons. The molecule has 0 saturated heterocycles. The molecule has 0 unspecified atom stereocenters. The summed E-state index contributed by atoms with van der Waals surface area (Å²) >= 11 is 0. The van der Waals surface area contributed by atoms with Crippen molar-refractivity contribution >= 4 is 28.5 Å². The number of carbonyl (C=O) groups is 2. The molecule has 11 heteroatoms. The normalized spacial score (nSPS) is 11.9. The van der Waals surface area contributed by atoms with Crippen molar-refractivity contribution in [2.45, 2.75) is 12.4 Å². The summed E-state index contributed by atoms with van der Waals surface area (Å²) in [6.45, 7) is 0. The lowest BCUT2D eigenvalue weighted by molar-refractivity contribution is -0.143. The van der Waals surface area contributed by atoms with Crippen molar-refractivity contribution < 1.29 is 41.0 Å². The average molecular weight is 504 g/mol. The fourth-order valence-corrected chi connectivity index (χ4v) is 3.62. The summed E-state index contributed by atoms with van der Waals surface area (Å²) in [6.07, 6.45) is -8.73. The first-order valence-corrected chi connectivity index (χ1v) is 10.2. The Kier molecular flexibility index (Phi) is 6.17. The highest BCUT2D eigenvalue weighted by atomic mass is 19.4. The third kappa shape index (κ3) is 4.99. The molecule has 0 aliphatic heterocycles. The van der Waals surface area contributed by atoms with Gasteiger partial charge in [-0.15, -0.1) is 0 Å². The van der Waals surface area contributed by atoms with Crippen molar-refractivity contribution in [3.05, 3.63) is 95.2 Å². The first kappa shape index (κ1) is 24.7. The van der Waals surface area contributed by atoms with Gasteiger partial charge in [-0.05, 0) is 42.0 Å². The molecule has 0 saturated carbocycles. The van der Waals surface area contributed by atoms with Gasteiger partial charge in [0.25, 0.3) is 5.91 Å². The minimum atomic E-state index is -5.14. The van der Waals surface area contributed by atoms with Crippen molar-refractivity contribution in [1.29, 1.82) is 0 Å². The van der Waals surface area contributed by atoms with Crippen LogP contribution in [0.1, 0.15) is 31.8 Å². The summed E-state index contributed by atoms with van der Waals surface area (Å²) < 4.78 is 78.8. The van der Waals surface area contributed by atoms with Gasteiger partial charge in [0.2, 0.25) is 0 Å². The molecule has 36 heavy (non-hydrogen) atoms. The van der Waals surface area contributed by atoms with E-state index in [1.54, 1.807) is 24.4 Å². The third-order valence-corrected chi connectivity index (χ3v) is 5.29. The van der Waals surface area contributed by atoms with Gasteiger partial charge in [-0.25, -0.2) is 4.79 Å². The molecular formula is C25H14F6N2O3. The summed E-state index contributed by atoms with van der Waals surface area (Å²) in [5.41, 5.74) is -3.41. The number of nitrogens with zero attached hydrogens (tertiary/aromatic N) is 1. The van der Waals surface area contributed by atoms with Crippen molar-refractivity contribution in [3.8, 4) is 11.1 Å². The van der Waals surface area contributed by atoms with Crippen LogP contribution in [0.4, 0.5) is 32.0 Å². The molecule has 0 radical (unpaired) electrons. The van der Waals surface area contributed by atoms with Crippen molar-refractivity contribution in [1.82, 2.24) is 4.98 Å². The van der Waals surface area contributed by atoms with E-state index < -0.39 is 46.5 Å². The van der Waals surface area contributed by atoms with E-state index in [-0.39, 0.29) is 23.9 Å². The Balaban J connectivity index is 1.74. The van der Waals surface area contributed by atoms with Crippen LogP contribution >= 0.6 is 0 Å². The minimum Gasteiger partial charge on any atom is -0.478 e. The summed E-state index contributed by atoms with van der Waals surface area (Å²) in [5, 5.41) is 12.6. The number of carbonyl (C=O) groups excluding carboxylic acids is 1. The highest BCUT2D eigenvalue weighted by molar-refractivity contribution is 6.08. The number of carboxylic acid groups (broad SMARTS) is 1. The number of pyridine rings is 1. The van der Waals surface area contributed by atoms with Crippen LogP contribution in [0.3, 0.4) is 0 Å². The van der Waals surface area contributed by atoms with E-state index in [2.05, 4.69) is 10.3 Å². The number of rotatable bonds is 4. The van der Waals surface area contributed by atoms with E-state index in [4.69, 9.17) is 0 Å². The summed E-state index contributed by atoms with van der Waals surface area (Å²) in [4.78, 5) is 28.8. The predicted molar refractivity (Wildman–Crippen MR) is 119 cm³/mol. The van der Waals surface area contributed by atoms with Gasteiger partial charge in [0, 0.05) is 22.7 Å². The molecule has 1 amide bonds. The second kappa shape index (κ2) is 8.99. The number of benzene rings is 3. The Morgan fingerprint density at radius 3 is 2.06 bits per heavy atom. The fraction of sp³-hybridized carbons (Fsp3) is 0.0800. The number of hydrogen-bond acceptors (Lipinski definition) is 3. The van der Waals surface area contributed by atoms with Gasteiger partial charge in [0.1, 0.15) is 0 Å². The molecule has 3 aromatic carbocycles. The average Bonchev–Trinajstić information content (AvgIpc) is 2.82. The Morgan fingerprint density at radius 1 is 0.806 bits per heavy atom. The van der Waals surface area contributed by atoms with Crippen molar-refractivity contribution in [2.24, 2.45) is 0 Å². The van der Waals surface area contributed by atoms with Gasteiger partial charge in [-0.2, -0.15) is 26.3 Å². The fourth-order valence-electron chi connectivity index (χ4n) is 3.62. The maximum atomic E-state index is 13.1. The maximum absolute atomic E-state index is 13.1. The standard InChI is InChI=1S/C25H14F6N2O3/c26-24(27,28)16-9-15(10-17(12-16)25(29,30)31)22(34)33-20-7-6-14(11-19(20)23(35)36)18-5-1-3-13-4-2-8-32-21(13)18/h1-12H,(H,33,34)(H,35,36). The van der Waals surface area contributed by atoms with Gasteiger partial charge in [0.05, 0.1) is 27.9 Å². The van der Waals surface area contributed by atoms with Gasteiger partial charge in [-0.1, -0.05) is 30.3 Å². The number of anilines is 1. The van der Waals surface area contributed by atoms with Gasteiger partial charge in [0.15, 0.2) is 0 Å². The van der Waals surface area contributed by atoms with Gasteiger partial charge < -0.3 is 10.4 Å². The second-order valence-electron chi connectivity index (χ2n) is 7.69. The number of aromatic nitrogens is 1. The topological polar surface area (TPSA) is 79.3 Å². The number of fused-ring (bicyclic) bond motifs is 1. The molecule has 0 spiro atoms. The van der Waals surface area contributed by atoms with Gasteiger partial charge in [-0.3, -0.25) is 9.78 Å². The molecule has 4 rings (SSSR count). The second-order valence-corrected chi connectivity index (χ2v) is 7.69. The highest BCUT2D eigenvalue weighted by Gasteiger charge is 2.37. The van der Waals surface area contributed by atoms with Crippen LogP contribution < -0.4 is 5.32 Å². The lowest BCUT2D eigenvalue weighted by Crippen LogP contribution is -2.18. The monoisotopic (exact) mass is 504 g/mol. The Labute approximate surface area is 199 Å². The van der Waals surface area contributed by atoms with E-state index in [1.807, 2.05) is 12.1 Å². The number of carboxylic acids is 1. The van der Waals surface area contributed by atoms with Crippen LogP contribution in [0.5, 0.6) is 0 Å². The minimum absolute atomic E-state index is 0.105. The third-order valence-electron chi connectivity index (χ3n) is 5.29. The van der Waals surface area contributed by atoms with Crippen LogP contribution in [0.25, 0.3) is 22.0 Å². The Morgan fingerprint density at radius 2 is 1.44 bits per heavy atom. The zero-order valence-corrected chi connectivity index (χ0v) is 17.9. The number of halogens is 6. The molecule has 4 aromatic rings. The van der Waals surface area contributed by atoms with Crippen LogP contribution in [-0.4, -0.2) is 22.0 Å². The largest absolute Gasteiger partial charge is 0.478 e. The van der Waals surface area contributed by atoms with Crippen LogP contribution in [0.2, 0.25) is 0 Å². The molecule has 0 bridgehead atoms. The molecule has 0 atom stereocenters. The first-order valence-electron chi connectivity index (χ1n) is 10.2. The molecule has 2 N–H and O–H groups in total. The number of aromatic carboxylic acids is 1. The molecule has 5 nitrogen and oxygen atoms in total. The van der Waals surface area contributed by atoms with Crippen LogP contribution in [0.15, 0.2) is 72.9 Å². The molecule has 1 heterocycles. The first-order chi connectivity index (χ1) is 16.8.